The Bertz CT molecular complexity index is 397. The first-order chi connectivity index (χ1) is 9.21. The average molecular weight is 329 g/mol. The monoisotopic (exact) mass is 328 g/mol. The van der Waals surface area contributed by atoms with Crippen LogP contribution in [-0.4, -0.2) is 34.6 Å². The van der Waals surface area contributed by atoms with Crippen molar-refractivity contribution in [1.29, 1.82) is 0 Å². The number of hydrogen-bond donors (Lipinski definition) is 0. The number of halogens is 1. The van der Waals surface area contributed by atoms with E-state index in [0.717, 1.165) is 24.6 Å². The standard InChI is InChI=1S/C14H21BrN2O2/c1-3-19-13-5-10(6-13)4-11(15)7-12-8-14(18-2)17-9-16-12/h8-11,13H,3-7H2,1-2H3. The third kappa shape index (κ3) is 4.42. The van der Waals surface area contributed by atoms with Gasteiger partial charge in [0, 0.05) is 29.6 Å². The number of alkyl halides is 1. The number of rotatable bonds is 7. The minimum Gasteiger partial charge on any atom is -0.481 e. The molecule has 0 N–H and O–H groups in total. The van der Waals surface area contributed by atoms with Crippen LogP contribution >= 0.6 is 15.9 Å². The lowest BCUT2D eigenvalue weighted by Crippen LogP contribution is -2.33. The number of ether oxygens (including phenoxy) is 2. The highest BCUT2D eigenvalue weighted by atomic mass is 79.9. The zero-order chi connectivity index (χ0) is 13.7. The highest BCUT2D eigenvalue weighted by Gasteiger charge is 2.30. The molecule has 0 bridgehead atoms. The Balaban J connectivity index is 1.74. The Labute approximate surface area is 123 Å². The molecule has 0 spiro atoms. The molecule has 2 rings (SSSR count). The summed E-state index contributed by atoms with van der Waals surface area (Å²) in [5, 5.41) is 0. The van der Waals surface area contributed by atoms with Crippen LogP contribution in [0.2, 0.25) is 0 Å². The fourth-order valence-electron chi connectivity index (χ4n) is 2.51. The number of methoxy groups -OCH3 is 1. The van der Waals surface area contributed by atoms with Crippen molar-refractivity contribution in [2.75, 3.05) is 13.7 Å². The molecular formula is C14H21BrN2O2. The van der Waals surface area contributed by atoms with E-state index in [1.165, 1.54) is 19.3 Å². The van der Waals surface area contributed by atoms with Crippen molar-refractivity contribution < 1.29 is 9.47 Å². The van der Waals surface area contributed by atoms with Gasteiger partial charge < -0.3 is 9.47 Å². The molecule has 0 saturated heterocycles. The van der Waals surface area contributed by atoms with Crippen molar-refractivity contribution in [2.45, 2.75) is 43.5 Å². The Morgan fingerprint density at radius 1 is 1.42 bits per heavy atom. The van der Waals surface area contributed by atoms with Crippen LogP contribution in [-0.2, 0) is 11.2 Å². The molecular weight excluding hydrogens is 308 g/mol. The summed E-state index contributed by atoms with van der Waals surface area (Å²) in [5.41, 5.74) is 1.02. The lowest BCUT2D eigenvalue weighted by Gasteiger charge is -2.36. The lowest BCUT2D eigenvalue weighted by atomic mass is 9.79. The zero-order valence-corrected chi connectivity index (χ0v) is 13.1. The average Bonchev–Trinajstić information content (AvgIpc) is 2.36. The molecule has 5 heteroatoms. The van der Waals surface area contributed by atoms with Gasteiger partial charge >= 0.3 is 0 Å². The molecule has 1 fully saturated rings. The van der Waals surface area contributed by atoms with Crippen LogP contribution in [0.5, 0.6) is 5.88 Å². The maximum absolute atomic E-state index is 5.59. The first-order valence-electron chi connectivity index (χ1n) is 6.81. The van der Waals surface area contributed by atoms with Gasteiger partial charge in [-0.15, -0.1) is 0 Å². The third-order valence-corrected chi connectivity index (χ3v) is 4.22. The molecule has 0 radical (unpaired) electrons. The van der Waals surface area contributed by atoms with Crippen LogP contribution in [0.4, 0.5) is 0 Å². The van der Waals surface area contributed by atoms with Crippen molar-refractivity contribution in [2.24, 2.45) is 5.92 Å². The maximum atomic E-state index is 5.59. The zero-order valence-electron chi connectivity index (χ0n) is 11.5. The molecule has 0 aromatic carbocycles. The highest BCUT2D eigenvalue weighted by molar-refractivity contribution is 9.09. The van der Waals surface area contributed by atoms with Crippen molar-refractivity contribution in [3.05, 3.63) is 18.1 Å². The summed E-state index contributed by atoms with van der Waals surface area (Å²) >= 11 is 3.75. The Kier molecular flexibility index (Phi) is 5.58. The van der Waals surface area contributed by atoms with Crippen LogP contribution < -0.4 is 4.74 Å². The topological polar surface area (TPSA) is 44.2 Å². The van der Waals surface area contributed by atoms with E-state index >= 15 is 0 Å². The largest absolute Gasteiger partial charge is 0.481 e. The number of nitrogens with zero attached hydrogens (tertiary/aromatic N) is 2. The first-order valence-corrected chi connectivity index (χ1v) is 7.73. The molecule has 106 valence electrons. The summed E-state index contributed by atoms with van der Waals surface area (Å²) in [4.78, 5) is 8.75. The molecule has 1 aliphatic rings. The van der Waals surface area contributed by atoms with Gasteiger partial charge in [-0.1, -0.05) is 15.9 Å². The van der Waals surface area contributed by atoms with Crippen molar-refractivity contribution in [3.63, 3.8) is 0 Å². The summed E-state index contributed by atoms with van der Waals surface area (Å²) in [5.74, 6) is 1.41. The molecule has 1 atom stereocenters. The normalized spacial score (nSPS) is 23.7. The van der Waals surface area contributed by atoms with Gasteiger partial charge in [-0.05, 0) is 32.1 Å². The van der Waals surface area contributed by atoms with Crippen molar-refractivity contribution in [1.82, 2.24) is 9.97 Å². The summed E-state index contributed by atoms with van der Waals surface area (Å²) in [7, 11) is 1.62. The Morgan fingerprint density at radius 2 is 2.21 bits per heavy atom. The molecule has 1 aliphatic carbocycles. The van der Waals surface area contributed by atoms with Gasteiger partial charge in [-0.3, -0.25) is 0 Å². The molecule has 1 aromatic rings. The fraction of sp³-hybridized carbons (Fsp3) is 0.714. The van der Waals surface area contributed by atoms with Gasteiger partial charge in [0.15, 0.2) is 0 Å². The van der Waals surface area contributed by atoms with Gasteiger partial charge in [0.1, 0.15) is 6.33 Å². The van der Waals surface area contributed by atoms with E-state index in [2.05, 4.69) is 32.8 Å². The second-order valence-corrected chi connectivity index (χ2v) is 6.30. The van der Waals surface area contributed by atoms with Crippen LogP contribution in [0.15, 0.2) is 12.4 Å². The predicted molar refractivity (Wildman–Crippen MR) is 77.8 cm³/mol. The van der Waals surface area contributed by atoms with E-state index in [4.69, 9.17) is 9.47 Å². The molecule has 1 aromatic heterocycles. The molecule has 4 nitrogen and oxygen atoms in total. The number of hydrogen-bond acceptors (Lipinski definition) is 4. The maximum Gasteiger partial charge on any atom is 0.216 e. The predicted octanol–water partition coefficient (Wildman–Crippen LogP) is 3.00. The summed E-state index contributed by atoms with van der Waals surface area (Å²) in [6.07, 6.45) is 6.53. The number of aromatic nitrogens is 2. The Morgan fingerprint density at radius 3 is 2.89 bits per heavy atom. The van der Waals surface area contributed by atoms with E-state index in [-0.39, 0.29) is 0 Å². The third-order valence-electron chi connectivity index (χ3n) is 3.52. The van der Waals surface area contributed by atoms with Crippen LogP contribution in [0, 0.1) is 5.92 Å². The molecule has 0 aliphatic heterocycles. The molecule has 1 saturated carbocycles. The van der Waals surface area contributed by atoms with Gasteiger partial charge in [0.2, 0.25) is 5.88 Å². The van der Waals surface area contributed by atoms with E-state index in [9.17, 15) is 0 Å². The molecule has 1 unspecified atom stereocenters. The second-order valence-electron chi connectivity index (χ2n) is 5.00. The SMILES string of the molecule is CCOC1CC(CC(Br)Cc2cc(OC)ncn2)C1. The summed E-state index contributed by atoms with van der Waals surface area (Å²) < 4.78 is 10.7. The quantitative estimate of drug-likeness (QED) is 0.722. The van der Waals surface area contributed by atoms with Crippen molar-refractivity contribution >= 4 is 15.9 Å². The molecule has 1 heterocycles. The summed E-state index contributed by atoms with van der Waals surface area (Å²) in [6, 6.07) is 1.90. The van der Waals surface area contributed by atoms with Crippen LogP contribution in [0.3, 0.4) is 0 Å². The summed E-state index contributed by atoms with van der Waals surface area (Å²) in [6.45, 7) is 2.89. The smallest absolute Gasteiger partial charge is 0.216 e. The van der Waals surface area contributed by atoms with Crippen LogP contribution in [0.25, 0.3) is 0 Å². The first kappa shape index (κ1) is 14.7. The van der Waals surface area contributed by atoms with Gasteiger partial charge in [-0.25, -0.2) is 9.97 Å². The van der Waals surface area contributed by atoms with E-state index in [1.54, 1.807) is 13.4 Å². The highest BCUT2D eigenvalue weighted by Crippen LogP contribution is 2.35. The molecule has 19 heavy (non-hydrogen) atoms. The van der Waals surface area contributed by atoms with Gasteiger partial charge in [-0.2, -0.15) is 0 Å². The van der Waals surface area contributed by atoms with Gasteiger partial charge in [0.05, 0.1) is 13.2 Å². The fourth-order valence-corrected chi connectivity index (χ4v) is 3.37. The van der Waals surface area contributed by atoms with Gasteiger partial charge in [0.25, 0.3) is 0 Å². The van der Waals surface area contributed by atoms with E-state index < -0.39 is 0 Å². The second kappa shape index (κ2) is 7.20. The molecule has 0 amide bonds. The van der Waals surface area contributed by atoms with E-state index in [0.29, 0.717) is 16.8 Å². The van der Waals surface area contributed by atoms with Crippen molar-refractivity contribution in [3.8, 4) is 5.88 Å². The minimum absolute atomic E-state index is 0.458. The van der Waals surface area contributed by atoms with E-state index in [1.807, 2.05) is 6.07 Å². The minimum atomic E-state index is 0.458. The van der Waals surface area contributed by atoms with Crippen LogP contribution in [0.1, 0.15) is 31.9 Å². The Hall–Kier alpha value is -0.680. The lowest BCUT2D eigenvalue weighted by molar-refractivity contribution is -0.0263.